The van der Waals surface area contributed by atoms with Crippen molar-refractivity contribution in [2.45, 2.75) is 13.1 Å². The van der Waals surface area contributed by atoms with Crippen molar-refractivity contribution in [2.24, 2.45) is 0 Å². The van der Waals surface area contributed by atoms with Crippen molar-refractivity contribution in [3.05, 3.63) is 83.9 Å². The van der Waals surface area contributed by atoms with E-state index in [4.69, 9.17) is 12.2 Å². The van der Waals surface area contributed by atoms with E-state index in [2.05, 4.69) is 15.7 Å². The van der Waals surface area contributed by atoms with Gasteiger partial charge in [0.15, 0.2) is 5.11 Å². The maximum atomic E-state index is 12.9. The van der Waals surface area contributed by atoms with E-state index < -0.39 is 0 Å². The van der Waals surface area contributed by atoms with Gasteiger partial charge in [0.1, 0.15) is 5.82 Å². The van der Waals surface area contributed by atoms with Crippen LogP contribution in [-0.2, 0) is 13.1 Å². The summed E-state index contributed by atoms with van der Waals surface area (Å²) in [5.74, 6) is -0.242. The van der Waals surface area contributed by atoms with Crippen LogP contribution in [-0.4, -0.2) is 14.9 Å². The summed E-state index contributed by atoms with van der Waals surface area (Å²) in [6, 6.07) is 16.2. The predicted molar refractivity (Wildman–Crippen MR) is 97.2 cm³/mol. The van der Waals surface area contributed by atoms with Gasteiger partial charge in [-0.1, -0.05) is 24.3 Å². The van der Waals surface area contributed by atoms with E-state index >= 15 is 0 Å². The molecule has 0 aliphatic heterocycles. The Hall–Kier alpha value is -2.73. The standard InChI is InChI=1S/C18H17FN4S/c19-16-7-5-14(6-8-16)12-20-18(24)22-17-4-1-3-15(11-17)13-23-10-2-9-21-23/h1-11H,12-13H2,(H2,20,22,24). The molecule has 0 aliphatic rings. The Morgan fingerprint density at radius 2 is 1.92 bits per heavy atom. The van der Waals surface area contributed by atoms with Crippen LogP contribution in [0.4, 0.5) is 10.1 Å². The zero-order chi connectivity index (χ0) is 16.8. The molecule has 0 unspecified atom stereocenters. The minimum atomic E-state index is -0.242. The van der Waals surface area contributed by atoms with Crippen LogP contribution in [0.2, 0.25) is 0 Å². The molecule has 0 radical (unpaired) electrons. The largest absolute Gasteiger partial charge is 0.358 e. The number of benzene rings is 2. The third-order valence-corrected chi connectivity index (χ3v) is 3.70. The first-order chi connectivity index (χ1) is 11.7. The lowest BCUT2D eigenvalue weighted by Crippen LogP contribution is -2.27. The van der Waals surface area contributed by atoms with E-state index in [0.29, 0.717) is 18.2 Å². The average molecular weight is 340 g/mol. The smallest absolute Gasteiger partial charge is 0.171 e. The summed E-state index contributed by atoms with van der Waals surface area (Å²) in [4.78, 5) is 0. The van der Waals surface area contributed by atoms with E-state index in [9.17, 15) is 4.39 Å². The van der Waals surface area contributed by atoms with Crippen LogP contribution in [0.15, 0.2) is 67.0 Å². The Bertz CT molecular complexity index is 800. The van der Waals surface area contributed by atoms with Gasteiger partial charge in [-0.05, 0) is 53.7 Å². The lowest BCUT2D eigenvalue weighted by Gasteiger charge is -2.12. The van der Waals surface area contributed by atoms with Gasteiger partial charge in [-0.15, -0.1) is 0 Å². The van der Waals surface area contributed by atoms with Crippen molar-refractivity contribution >= 4 is 23.0 Å². The van der Waals surface area contributed by atoms with E-state index in [0.717, 1.165) is 16.8 Å². The normalized spacial score (nSPS) is 10.4. The second kappa shape index (κ2) is 7.70. The Labute approximate surface area is 145 Å². The van der Waals surface area contributed by atoms with Crippen LogP contribution >= 0.6 is 12.2 Å². The van der Waals surface area contributed by atoms with Crippen molar-refractivity contribution < 1.29 is 4.39 Å². The highest BCUT2D eigenvalue weighted by Crippen LogP contribution is 2.12. The molecule has 1 aromatic heterocycles. The highest BCUT2D eigenvalue weighted by Gasteiger charge is 2.01. The molecule has 0 saturated carbocycles. The highest BCUT2D eigenvalue weighted by molar-refractivity contribution is 7.80. The van der Waals surface area contributed by atoms with Gasteiger partial charge in [0, 0.05) is 24.6 Å². The van der Waals surface area contributed by atoms with Crippen LogP contribution in [0.3, 0.4) is 0 Å². The van der Waals surface area contributed by atoms with Gasteiger partial charge in [0.05, 0.1) is 6.54 Å². The molecule has 2 aromatic carbocycles. The first kappa shape index (κ1) is 16.1. The first-order valence-corrected chi connectivity index (χ1v) is 7.95. The number of aromatic nitrogens is 2. The fourth-order valence-electron chi connectivity index (χ4n) is 2.29. The van der Waals surface area contributed by atoms with Crippen molar-refractivity contribution in [2.75, 3.05) is 5.32 Å². The maximum absolute atomic E-state index is 12.9. The Kier molecular flexibility index (Phi) is 5.18. The Balaban J connectivity index is 1.55. The number of nitrogens with zero attached hydrogens (tertiary/aromatic N) is 2. The van der Waals surface area contributed by atoms with Crippen molar-refractivity contribution in [3.8, 4) is 0 Å². The van der Waals surface area contributed by atoms with Gasteiger partial charge >= 0.3 is 0 Å². The number of thiocarbonyl (C=S) groups is 1. The molecule has 3 rings (SSSR count). The summed E-state index contributed by atoms with van der Waals surface area (Å²) < 4.78 is 14.7. The average Bonchev–Trinajstić information content (AvgIpc) is 3.08. The minimum absolute atomic E-state index is 0.242. The van der Waals surface area contributed by atoms with Crippen LogP contribution in [0.5, 0.6) is 0 Å². The van der Waals surface area contributed by atoms with Crippen molar-refractivity contribution in [1.82, 2.24) is 15.1 Å². The fraction of sp³-hybridized carbons (Fsp3) is 0.111. The lowest BCUT2D eigenvalue weighted by atomic mass is 10.2. The summed E-state index contributed by atoms with van der Waals surface area (Å²) in [6.45, 7) is 1.25. The molecule has 0 spiro atoms. The SMILES string of the molecule is Fc1ccc(CNC(=S)Nc2cccc(Cn3cccn3)c2)cc1. The Morgan fingerprint density at radius 1 is 1.08 bits per heavy atom. The summed E-state index contributed by atoms with van der Waals surface area (Å²) in [5.41, 5.74) is 3.01. The van der Waals surface area contributed by atoms with E-state index in [1.165, 1.54) is 12.1 Å². The zero-order valence-electron chi connectivity index (χ0n) is 12.9. The second-order valence-electron chi connectivity index (χ2n) is 5.34. The molecule has 0 aliphatic carbocycles. The van der Waals surface area contributed by atoms with Crippen LogP contribution in [0, 0.1) is 5.82 Å². The number of rotatable bonds is 5. The molecule has 2 N–H and O–H groups in total. The summed E-state index contributed by atoms with van der Waals surface area (Å²) in [6.07, 6.45) is 3.69. The van der Waals surface area contributed by atoms with Crippen molar-refractivity contribution in [1.29, 1.82) is 0 Å². The second-order valence-corrected chi connectivity index (χ2v) is 5.75. The molecule has 0 fully saturated rings. The summed E-state index contributed by atoms with van der Waals surface area (Å²) in [7, 11) is 0. The fourth-order valence-corrected chi connectivity index (χ4v) is 2.48. The monoisotopic (exact) mass is 340 g/mol. The maximum Gasteiger partial charge on any atom is 0.171 e. The molecule has 0 saturated heterocycles. The van der Waals surface area contributed by atoms with Gasteiger partial charge in [-0.3, -0.25) is 4.68 Å². The quantitative estimate of drug-likeness (QED) is 0.697. The van der Waals surface area contributed by atoms with E-state index in [1.807, 2.05) is 41.2 Å². The number of hydrogen-bond donors (Lipinski definition) is 2. The molecule has 4 nitrogen and oxygen atoms in total. The van der Waals surface area contributed by atoms with E-state index in [1.54, 1.807) is 18.3 Å². The topological polar surface area (TPSA) is 41.9 Å². The van der Waals surface area contributed by atoms with Gasteiger partial charge in [-0.2, -0.15) is 5.10 Å². The zero-order valence-corrected chi connectivity index (χ0v) is 13.8. The van der Waals surface area contributed by atoms with Crippen LogP contribution < -0.4 is 10.6 Å². The third-order valence-electron chi connectivity index (χ3n) is 3.45. The molecule has 24 heavy (non-hydrogen) atoms. The molecular formula is C18H17FN4S. The molecule has 0 bridgehead atoms. The summed E-state index contributed by atoms with van der Waals surface area (Å²) >= 11 is 5.31. The molecule has 1 heterocycles. The molecule has 0 atom stereocenters. The van der Waals surface area contributed by atoms with Crippen LogP contribution in [0.25, 0.3) is 0 Å². The Morgan fingerprint density at radius 3 is 2.67 bits per heavy atom. The van der Waals surface area contributed by atoms with Gasteiger partial charge in [0.25, 0.3) is 0 Å². The number of halogens is 1. The predicted octanol–water partition coefficient (Wildman–Crippen LogP) is 3.56. The van der Waals surface area contributed by atoms with Crippen LogP contribution in [0.1, 0.15) is 11.1 Å². The first-order valence-electron chi connectivity index (χ1n) is 7.55. The van der Waals surface area contributed by atoms with E-state index in [-0.39, 0.29) is 5.82 Å². The highest BCUT2D eigenvalue weighted by atomic mass is 32.1. The molecule has 122 valence electrons. The molecule has 3 aromatic rings. The summed E-state index contributed by atoms with van der Waals surface area (Å²) in [5, 5.41) is 11.0. The molecule has 6 heteroatoms. The minimum Gasteiger partial charge on any atom is -0.358 e. The third kappa shape index (κ3) is 4.63. The van der Waals surface area contributed by atoms with Gasteiger partial charge in [-0.25, -0.2) is 4.39 Å². The molecule has 0 amide bonds. The lowest BCUT2D eigenvalue weighted by molar-refractivity contribution is 0.627. The number of hydrogen-bond acceptors (Lipinski definition) is 2. The number of nitrogens with one attached hydrogen (secondary N) is 2. The number of anilines is 1. The van der Waals surface area contributed by atoms with Gasteiger partial charge < -0.3 is 10.6 Å². The van der Waals surface area contributed by atoms with Gasteiger partial charge in [0.2, 0.25) is 0 Å². The van der Waals surface area contributed by atoms with Crippen molar-refractivity contribution in [3.63, 3.8) is 0 Å². The molecular weight excluding hydrogens is 323 g/mol.